The summed E-state index contributed by atoms with van der Waals surface area (Å²) in [6, 6.07) is 16.2. The lowest BCUT2D eigenvalue weighted by Gasteiger charge is -2.13. The Labute approximate surface area is 193 Å². The van der Waals surface area contributed by atoms with Crippen molar-refractivity contribution in [3.8, 4) is 0 Å². The number of hydrogen-bond donors (Lipinski definition) is 1. The largest absolute Gasteiger partial charge is 0.388 e. The lowest BCUT2D eigenvalue weighted by atomic mass is 10.1. The number of unbranched alkanes of at least 4 members (excludes halogenated alkanes) is 2. The molecule has 0 bridgehead atoms. The predicted molar refractivity (Wildman–Crippen MR) is 127 cm³/mol. The van der Waals surface area contributed by atoms with Gasteiger partial charge in [-0.25, -0.2) is 4.98 Å². The second kappa shape index (κ2) is 11.2. The molecule has 0 aliphatic rings. The second-order valence-electron chi connectivity index (χ2n) is 7.69. The van der Waals surface area contributed by atoms with Crippen LogP contribution in [0.2, 0.25) is 10.0 Å². The summed E-state index contributed by atoms with van der Waals surface area (Å²) in [5.74, 6) is 0.976. The first kappa shape index (κ1) is 23.2. The van der Waals surface area contributed by atoms with Crippen molar-refractivity contribution in [2.75, 3.05) is 0 Å². The first-order valence-electron chi connectivity index (χ1n) is 10.4. The molecule has 0 aliphatic heterocycles. The van der Waals surface area contributed by atoms with Gasteiger partial charge >= 0.3 is 0 Å². The minimum Gasteiger partial charge on any atom is -0.388 e. The van der Waals surface area contributed by atoms with E-state index in [2.05, 4.69) is 48.7 Å². The molecular weight excluding hydrogens is 435 g/mol. The zero-order valence-electron chi connectivity index (χ0n) is 17.4. The van der Waals surface area contributed by atoms with E-state index < -0.39 is 0 Å². The highest BCUT2D eigenvalue weighted by molar-refractivity contribution is 7.99. The zero-order valence-corrected chi connectivity index (χ0v) is 19.8. The lowest BCUT2D eigenvalue weighted by molar-refractivity contribution is 0.263. The molecule has 3 aromatic rings. The number of aliphatic hydroxyl groups is 1. The van der Waals surface area contributed by atoms with Crippen LogP contribution in [0.1, 0.15) is 56.1 Å². The highest BCUT2D eigenvalue weighted by atomic mass is 35.5. The Morgan fingerprint density at radius 2 is 1.70 bits per heavy atom. The number of aromatic nitrogens is 2. The topological polar surface area (TPSA) is 38.1 Å². The summed E-state index contributed by atoms with van der Waals surface area (Å²) in [6.07, 6.45) is 4.41. The minimum absolute atomic E-state index is 0.0689. The Morgan fingerprint density at radius 1 is 1.00 bits per heavy atom. The maximum absolute atomic E-state index is 9.91. The highest BCUT2D eigenvalue weighted by Crippen LogP contribution is 2.37. The standard InChI is InChI=1S/C24H28Cl2N2OS/c1-17(2)23-24(30-21-14-19(25)13-20(26)15-21)28(22(16-29)27-23)12-8-4-7-11-18-9-5-3-6-10-18/h3,5-6,9-10,13-15,17,29H,4,7-8,11-12,16H2,1-2H3. The van der Waals surface area contributed by atoms with Gasteiger partial charge in [0.15, 0.2) is 0 Å². The van der Waals surface area contributed by atoms with E-state index in [1.165, 1.54) is 5.56 Å². The Morgan fingerprint density at radius 3 is 2.33 bits per heavy atom. The van der Waals surface area contributed by atoms with Crippen LogP contribution in [-0.2, 0) is 19.6 Å². The molecular formula is C24H28Cl2N2OS. The molecule has 0 aliphatic carbocycles. The van der Waals surface area contributed by atoms with Gasteiger partial charge < -0.3 is 9.67 Å². The van der Waals surface area contributed by atoms with E-state index in [0.29, 0.717) is 10.0 Å². The average molecular weight is 463 g/mol. The first-order chi connectivity index (χ1) is 14.5. The molecule has 1 N–H and O–H groups in total. The van der Waals surface area contributed by atoms with Crippen molar-refractivity contribution in [1.82, 2.24) is 9.55 Å². The van der Waals surface area contributed by atoms with E-state index in [-0.39, 0.29) is 12.5 Å². The minimum atomic E-state index is -0.0689. The molecule has 0 unspecified atom stereocenters. The van der Waals surface area contributed by atoms with Gasteiger partial charge in [-0.05, 0) is 48.9 Å². The number of aliphatic hydroxyl groups excluding tert-OH is 1. The Balaban J connectivity index is 1.73. The number of hydrogen-bond acceptors (Lipinski definition) is 3. The Hall–Kier alpha value is -1.46. The van der Waals surface area contributed by atoms with Crippen molar-refractivity contribution < 1.29 is 5.11 Å². The van der Waals surface area contributed by atoms with Crippen LogP contribution in [-0.4, -0.2) is 14.7 Å². The third-order valence-electron chi connectivity index (χ3n) is 4.95. The predicted octanol–water partition coefficient (Wildman–Crippen LogP) is 7.37. The fraction of sp³-hybridized carbons (Fsp3) is 0.375. The quantitative estimate of drug-likeness (QED) is 0.319. The van der Waals surface area contributed by atoms with E-state index >= 15 is 0 Å². The summed E-state index contributed by atoms with van der Waals surface area (Å²) in [5.41, 5.74) is 2.39. The van der Waals surface area contributed by atoms with E-state index in [4.69, 9.17) is 28.2 Å². The summed E-state index contributed by atoms with van der Waals surface area (Å²) in [7, 11) is 0. The molecule has 1 heterocycles. The van der Waals surface area contributed by atoms with Crippen LogP contribution in [0, 0.1) is 0 Å². The molecule has 0 amide bonds. The third-order valence-corrected chi connectivity index (χ3v) is 6.48. The summed E-state index contributed by atoms with van der Waals surface area (Å²) >= 11 is 14.0. The lowest BCUT2D eigenvalue weighted by Crippen LogP contribution is -2.06. The SMILES string of the molecule is CC(C)c1nc(CO)n(CCCCCc2ccccc2)c1Sc1cc(Cl)cc(Cl)c1. The van der Waals surface area contributed by atoms with Gasteiger partial charge in [-0.15, -0.1) is 0 Å². The average Bonchev–Trinajstić information content (AvgIpc) is 3.05. The first-order valence-corrected chi connectivity index (χ1v) is 11.9. The number of nitrogens with zero attached hydrogens (tertiary/aromatic N) is 2. The smallest absolute Gasteiger partial charge is 0.135 e. The van der Waals surface area contributed by atoms with Crippen LogP contribution < -0.4 is 0 Å². The van der Waals surface area contributed by atoms with Crippen molar-refractivity contribution in [3.63, 3.8) is 0 Å². The Kier molecular flexibility index (Phi) is 8.70. The van der Waals surface area contributed by atoms with E-state index in [1.807, 2.05) is 12.1 Å². The number of imidazole rings is 1. The molecule has 0 saturated heterocycles. The maximum atomic E-state index is 9.91. The van der Waals surface area contributed by atoms with E-state index in [0.717, 1.165) is 53.7 Å². The number of benzene rings is 2. The third kappa shape index (κ3) is 6.27. The summed E-state index contributed by atoms with van der Waals surface area (Å²) in [4.78, 5) is 5.72. The van der Waals surface area contributed by atoms with Gasteiger partial charge in [0.1, 0.15) is 17.5 Å². The molecule has 0 atom stereocenters. The van der Waals surface area contributed by atoms with Gasteiger partial charge in [-0.1, -0.05) is 85.6 Å². The van der Waals surface area contributed by atoms with Gasteiger partial charge in [0, 0.05) is 21.5 Å². The van der Waals surface area contributed by atoms with Crippen LogP contribution in [0.25, 0.3) is 0 Å². The molecule has 0 spiro atoms. The zero-order chi connectivity index (χ0) is 21.5. The summed E-state index contributed by atoms with van der Waals surface area (Å²) in [6.45, 7) is 5.02. The molecule has 1 aromatic heterocycles. The molecule has 3 rings (SSSR count). The van der Waals surface area contributed by atoms with E-state index in [1.54, 1.807) is 17.8 Å². The van der Waals surface area contributed by atoms with Gasteiger partial charge in [0.25, 0.3) is 0 Å². The number of aryl methyl sites for hydroxylation is 1. The highest BCUT2D eigenvalue weighted by Gasteiger charge is 2.20. The normalized spacial score (nSPS) is 11.4. The van der Waals surface area contributed by atoms with Gasteiger partial charge in [-0.2, -0.15) is 0 Å². The van der Waals surface area contributed by atoms with Gasteiger partial charge in [0.2, 0.25) is 0 Å². The molecule has 3 nitrogen and oxygen atoms in total. The van der Waals surface area contributed by atoms with Crippen molar-refractivity contribution in [2.24, 2.45) is 0 Å². The summed E-state index contributed by atoms with van der Waals surface area (Å²) < 4.78 is 2.16. The van der Waals surface area contributed by atoms with Crippen molar-refractivity contribution in [3.05, 3.63) is 75.7 Å². The van der Waals surface area contributed by atoms with Crippen LogP contribution in [0.3, 0.4) is 0 Å². The summed E-state index contributed by atoms with van der Waals surface area (Å²) in [5, 5.41) is 12.2. The van der Waals surface area contributed by atoms with Gasteiger partial charge in [0.05, 0.1) is 5.69 Å². The molecule has 2 aromatic carbocycles. The maximum Gasteiger partial charge on any atom is 0.135 e. The number of halogens is 2. The molecule has 30 heavy (non-hydrogen) atoms. The Bertz CT molecular complexity index is 937. The molecule has 0 fully saturated rings. The van der Waals surface area contributed by atoms with Crippen LogP contribution in [0.4, 0.5) is 0 Å². The molecule has 0 saturated carbocycles. The molecule has 160 valence electrons. The van der Waals surface area contributed by atoms with Crippen LogP contribution in [0.15, 0.2) is 58.5 Å². The monoisotopic (exact) mass is 462 g/mol. The number of rotatable bonds is 10. The fourth-order valence-electron chi connectivity index (χ4n) is 3.46. The van der Waals surface area contributed by atoms with Gasteiger partial charge in [-0.3, -0.25) is 0 Å². The van der Waals surface area contributed by atoms with Crippen molar-refractivity contribution in [2.45, 2.75) is 68.5 Å². The van der Waals surface area contributed by atoms with Crippen LogP contribution >= 0.6 is 35.0 Å². The molecule has 0 radical (unpaired) electrons. The fourth-order valence-corrected chi connectivity index (χ4v) is 5.40. The molecule has 6 heteroatoms. The van der Waals surface area contributed by atoms with E-state index in [9.17, 15) is 5.11 Å². The van der Waals surface area contributed by atoms with Crippen molar-refractivity contribution >= 4 is 35.0 Å². The van der Waals surface area contributed by atoms with Crippen LogP contribution in [0.5, 0.6) is 0 Å². The second-order valence-corrected chi connectivity index (χ2v) is 9.62. The van der Waals surface area contributed by atoms with Crippen molar-refractivity contribution in [1.29, 1.82) is 0 Å².